The van der Waals surface area contributed by atoms with E-state index in [-0.39, 0.29) is 11.9 Å². The predicted molar refractivity (Wildman–Crippen MR) is 81.8 cm³/mol. The molecule has 1 aromatic heterocycles. The fraction of sp³-hybridized carbons (Fsp3) is 0.286. The highest BCUT2D eigenvalue weighted by molar-refractivity contribution is 7.99. The lowest BCUT2D eigenvalue weighted by molar-refractivity contribution is -0.117. The summed E-state index contributed by atoms with van der Waals surface area (Å²) in [5.41, 5.74) is 2.83. The number of carbonyl (C=O) groups is 1. The number of aromatic nitrogens is 2. The summed E-state index contributed by atoms with van der Waals surface area (Å²) >= 11 is 1.81. The minimum atomic E-state index is -0.0963. The molecule has 3 rings (SSSR count). The van der Waals surface area contributed by atoms with Gasteiger partial charge in [-0.15, -0.1) is 0 Å². The Labute approximate surface area is 121 Å². The summed E-state index contributed by atoms with van der Waals surface area (Å²) < 4.78 is 0. The number of H-pyrrole nitrogens is 1. The van der Waals surface area contributed by atoms with Crippen molar-refractivity contribution < 1.29 is 4.79 Å². The van der Waals surface area contributed by atoms with Crippen molar-refractivity contribution in [3.8, 4) is 11.3 Å². The standard InChI is InChI=1S/C14H16N4OS/c19-14(13-9-20-8-7-15-13)17-11-3-1-10(2-4-11)12-5-6-16-18-12/h1-6,13,15H,7-9H2,(H,16,18)(H,17,19). The molecule has 0 saturated carbocycles. The summed E-state index contributed by atoms with van der Waals surface area (Å²) in [7, 11) is 0. The molecule has 1 unspecified atom stereocenters. The predicted octanol–water partition coefficient (Wildman–Crippen LogP) is 1.72. The van der Waals surface area contributed by atoms with Gasteiger partial charge in [-0.05, 0) is 23.8 Å². The van der Waals surface area contributed by atoms with Crippen LogP contribution in [-0.2, 0) is 4.79 Å². The molecule has 0 bridgehead atoms. The summed E-state index contributed by atoms with van der Waals surface area (Å²) in [4.78, 5) is 12.1. The minimum Gasteiger partial charge on any atom is -0.325 e. The van der Waals surface area contributed by atoms with Gasteiger partial charge < -0.3 is 10.6 Å². The maximum Gasteiger partial charge on any atom is 0.242 e. The van der Waals surface area contributed by atoms with Crippen LogP contribution in [0.5, 0.6) is 0 Å². The zero-order valence-electron chi connectivity index (χ0n) is 10.9. The van der Waals surface area contributed by atoms with Gasteiger partial charge in [-0.25, -0.2) is 0 Å². The van der Waals surface area contributed by atoms with Crippen molar-refractivity contribution in [1.29, 1.82) is 0 Å². The topological polar surface area (TPSA) is 69.8 Å². The van der Waals surface area contributed by atoms with Crippen molar-refractivity contribution in [1.82, 2.24) is 15.5 Å². The summed E-state index contributed by atoms with van der Waals surface area (Å²) in [6.45, 7) is 0.890. The van der Waals surface area contributed by atoms with E-state index in [4.69, 9.17) is 0 Å². The minimum absolute atomic E-state index is 0.0338. The van der Waals surface area contributed by atoms with Crippen molar-refractivity contribution in [2.45, 2.75) is 6.04 Å². The zero-order chi connectivity index (χ0) is 13.8. The SMILES string of the molecule is O=C(Nc1ccc(-c2ccn[nH]2)cc1)C1CSCCN1. The van der Waals surface area contributed by atoms with Crippen LogP contribution in [0.25, 0.3) is 11.3 Å². The molecule has 0 aliphatic carbocycles. The number of benzene rings is 1. The lowest BCUT2D eigenvalue weighted by Gasteiger charge is -2.22. The van der Waals surface area contributed by atoms with Crippen molar-refractivity contribution in [2.75, 3.05) is 23.4 Å². The number of amides is 1. The third-order valence-corrected chi connectivity index (χ3v) is 4.26. The van der Waals surface area contributed by atoms with Crippen LogP contribution in [-0.4, -0.2) is 40.2 Å². The van der Waals surface area contributed by atoms with E-state index >= 15 is 0 Å². The van der Waals surface area contributed by atoms with Crippen molar-refractivity contribution >= 4 is 23.4 Å². The number of nitrogens with zero attached hydrogens (tertiary/aromatic N) is 1. The van der Waals surface area contributed by atoms with Crippen LogP contribution in [0.4, 0.5) is 5.69 Å². The fourth-order valence-electron chi connectivity index (χ4n) is 2.11. The normalized spacial score (nSPS) is 18.7. The molecule has 2 aromatic rings. The largest absolute Gasteiger partial charge is 0.325 e. The van der Waals surface area contributed by atoms with Gasteiger partial charge in [-0.2, -0.15) is 16.9 Å². The van der Waals surface area contributed by atoms with Crippen LogP contribution in [0.15, 0.2) is 36.5 Å². The average molecular weight is 288 g/mol. The molecule has 1 saturated heterocycles. The van der Waals surface area contributed by atoms with Crippen LogP contribution in [0, 0.1) is 0 Å². The van der Waals surface area contributed by atoms with Gasteiger partial charge in [0.25, 0.3) is 0 Å². The molecule has 1 atom stereocenters. The third-order valence-electron chi connectivity index (χ3n) is 3.20. The average Bonchev–Trinajstić information content (AvgIpc) is 3.03. The molecule has 5 nitrogen and oxygen atoms in total. The van der Waals surface area contributed by atoms with Gasteiger partial charge in [0.1, 0.15) is 0 Å². The van der Waals surface area contributed by atoms with E-state index in [1.807, 2.05) is 42.1 Å². The number of anilines is 1. The molecule has 1 amide bonds. The maximum absolute atomic E-state index is 12.1. The number of hydrogen-bond donors (Lipinski definition) is 3. The van der Waals surface area contributed by atoms with Gasteiger partial charge >= 0.3 is 0 Å². The second kappa shape index (κ2) is 6.11. The van der Waals surface area contributed by atoms with E-state index in [0.717, 1.165) is 35.0 Å². The van der Waals surface area contributed by atoms with Gasteiger partial charge in [-0.3, -0.25) is 9.89 Å². The van der Waals surface area contributed by atoms with E-state index in [0.29, 0.717) is 0 Å². The summed E-state index contributed by atoms with van der Waals surface area (Å²) in [6.07, 6.45) is 1.72. The number of rotatable bonds is 3. The number of carbonyl (C=O) groups excluding carboxylic acids is 1. The van der Waals surface area contributed by atoms with E-state index in [1.54, 1.807) is 6.20 Å². The Morgan fingerprint density at radius 1 is 1.30 bits per heavy atom. The van der Waals surface area contributed by atoms with E-state index < -0.39 is 0 Å². The number of nitrogens with one attached hydrogen (secondary N) is 3. The van der Waals surface area contributed by atoms with Crippen LogP contribution < -0.4 is 10.6 Å². The molecule has 2 heterocycles. The Morgan fingerprint density at radius 2 is 2.15 bits per heavy atom. The summed E-state index contributed by atoms with van der Waals surface area (Å²) in [5.74, 6) is 1.94. The van der Waals surface area contributed by atoms with E-state index in [2.05, 4.69) is 20.8 Å². The summed E-state index contributed by atoms with van der Waals surface area (Å²) in [5, 5.41) is 13.0. The summed E-state index contributed by atoms with van der Waals surface area (Å²) in [6, 6.07) is 9.56. The monoisotopic (exact) mass is 288 g/mol. The molecule has 1 aliphatic heterocycles. The Kier molecular flexibility index (Phi) is 4.03. The van der Waals surface area contributed by atoms with Crippen molar-refractivity contribution in [2.24, 2.45) is 0 Å². The number of thioether (sulfide) groups is 1. The first-order chi connectivity index (χ1) is 9.83. The number of aromatic amines is 1. The zero-order valence-corrected chi connectivity index (χ0v) is 11.7. The van der Waals surface area contributed by atoms with Gasteiger partial charge in [-0.1, -0.05) is 12.1 Å². The Hall–Kier alpha value is -1.79. The van der Waals surface area contributed by atoms with Crippen LogP contribution in [0.1, 0.15) is 0 Å². The van der Waals surface area contributed by atoms with E-state index in [9.17, 15) is 4.79 Å². The van der Waals surface area contributed by atoms with Crippen molar-refractivity contribution in [3.63, 3.8) is 0 Å². The first-order valence-electron chi connectivity index (χ1n) is 6.55. The molecule has 3 N–H and O–H groups in total. The first kappa shape index (κ1) is 13.2. The maximum atomic E-state index is 12.1. The highest BCUT2D eigenvalue weighted by Gasteiger charge is 2.20. The Balaban J connectivity index is 1.64. The molecule has 6 heteroatoms. The number of hydrogen-bond acceptors (Lipinski definition) is 4. The van der Waals surface area contributed by atoms with Gasteiger partial charge in [0, 0.05) is 29.9 Å². The van der Waals surface area contributed by atoms with Crippen LogP contribution in [0.3, 0.4) is 0 Å². The molecule has 1 aliphatic rings. The molecule has 0 spiro atoms. The highest BCUT2D eigenvalue weighted by atomic mass is 32.2. The molecule has 20 heavy (non-hydrogen) atoms. The fourth-order valence-corrected chi connectivity index (χ4v) is 3.05. The quantitative estimate of drug-likeness (QED) is 0.804. The van der Waals surface area contributed by atoms with Gasteiger partial charge in [0.2, 0.25) is 5.91 Å². The lowest BCUT2D eigenvalue weighted by atomic mass is 10.1. The van der Waals surface area contributed by atoms with Gasteiger partial charge in [0.05, 0.1) is 11.7 Å². The molecular weight excluding hydrogens is 272 g/mol. The molecule has 104 valence electrons. The lowest BCUT2D eigenvalue weighted by Crippen LogP contribution is -2.46. The Bertz CT molecular complexity index is 561. The second-order valence-corrected chi connectivity index (χ2v) is 5.77. The smallest absolute Gasteiger partial charge is 0.242 e. The van der Waals surface area contributed by atoms with Gasteiger partial charge in [0.15, 0.2) is 0 Å². The first-order valence-corrected chi connectivity index (χ1v) is 7.70. The highest BCUT2D eigenvalue weighted by Crippen LogP contribution is 2.19. The van der Waals surface area contributed by atoms with Crippen LogP contribution in [0.2, 0.25) is 0 Å². The van der Waals surface area contributed by atoms with Crippen LogP contribution >= 0.6 is 11.8 Å². The Morgan fingerprint density at radius 3 is 2.80 bits per heavy atom. The molecule has 0 radical (unpaired) electrons. The van der Waals surface area contributed by atoms with Crippen molar-refractivity contribution in [3.05, 3.63) is 36.5 Å². The molecule has 1 fully saturated rings. The molecular formula is C14H16N4OS. The third kappa shape index (κ3) is 3.02. The molecule has 1 aromatic carbocycles. The second-order valence-electron chi connectivity index (χ2n) is 4.62. The van der Waals surface area contributed by atoms with E-state index in [1.165, 1.54) is 0 Å².